The molecule has 0 aliphatic carbocycles. The summed E-state index contributed by atoms with van der Waals surface area (Å²) in [4.78, 5) is 21.1. The lowest BCUT2D eigenvalue weighted by molar-refractivity contribution is 0.0384. The molecule has 1 fully saturated rings. The number of anilines is 2. The molecule has 188 valence electrons. The molecule has 0 radical (unpaired) electrons. The topological polar surface area (TPSA) is 88.7 Å². The molecule has 0 spiro atoms. The van der Waals surface area contributed by atoms with E-state index in [1.807, 2.05) is 30.3 Å². The fraction of sp³-hybridized carbons (Fsp3) is 0.241. The highest BCUT2D eigenvalue weighted by Crippen LogP contribution is 2.43. The summed E-state index contributed by atoms with van der Waals surface area (Å²) in [6.45, 7) is 2.56. The van der Waals surface area contributed by atoms with Crippen molar-refractivity contribution in [2.75, 3.05) is 37.0 Å². The summed E-state index contributed by atoms with van der Waals surface area (Å²) < 4.78 is 17.9. The largest absolute Gasteiger partial charge is 0.497 e. The number of pyridine rings is 2. The third-order valence-electron chi connectivity index (χ3n) is 6.81. The number of benzene rings is 2. The van der Waals surface area contributed by atoms with Gasteiger partial charge < -0.3 is 29.4 Å². The maximum absolute atomic E-state index is 11.8. The van der Waals surface area contributed by atoms with Crippen LogP contribution in [-0.4, -0.2) is 36.8 Å². The van der Waals surface area contributed by atoms with E-state index in [0.29, 0.717) is 19.7 Å². The van der Waals surface area contributed by atoms with Gasteiger partial charge in [0.2, 0.25) is 5.56 Å². The monoisotopic (exact) mass is 496 g/mol. The van der Waals surface area contributed by atoms with Crippen molar-refractivity contribution in [2.45, 2.75) is 19.1 Å². The van der Waals surface area contributed by atoms with E-state index in [0.717, 1.165) is 64.0 Å². The van der Waals surface area contributed by atoms with Crippen LogP contribution in [0.5, 0.6) is 17.2 Å². The van der Waals surface area contributed by atoms with Gasteiger partial charge in [0.1, 0.15) is 23.4 Å². The molecule has 1 saturated heterocycles. The molecule has 2 aliphatic rings. The van der Waals surface area contributed by atoms with Gasteiger partial charge >= 0.3 is 0 Å². The predicted octanol–water partition coefficient (Wildman–Crippen LogP) is 4.67. The number of aromatic nitrogens is 2. The van der Waals surface area contributed by atoms with E-state index in [-0.39, 0.29) is 11.7 Å². The highest BCUT2D eigenvalue weighted by molar-refractivity contribution is 5.59. The van der Waals surface area contributed by atoms with Gasteiger partial charge in [0.05, 0.1) is 26.0 Å². The van der Waals surface area contributed by atoms with Crippen LogP contribution in [0.4, 0.5) is 11.4 Å². The average molecular weight is 497 g/mol. The van der Waals surface area contributed by atoms with Crippen LogP contribution in [0.15, 0.2) is 77.9 Å². The van der Waals surface area contributed by atoms with Crippen molar-refractivity contribution < 1.29 is 14.2 Å². The molecule has 2 aromatic carbocycles. The fourth-order valence-electron chi connectivity index (χ4n) is 4.94. The van der Waals surface area contributed by atoms with Gasteiger partial charge in [-0.25, -0.2) is 0 Å². The minimum absolute atomic E-state index is 0.105. The molecule has 2 N–H and O–H groups in total. The van der Waals surface area contributed by atoms with Crippen LogP contribution in [0.1, 0.15) is 28.5 Å². The van der Waals surface area contributed by atoms with Crippen molar-refractivity contribution in [1.29, 1.82) is 0 Å². The highest BCUT2D eigenvalue weighted by Gasteiger charge is 2.28. The molecule has 1 unspecified atom stereocenters. The minimum atomic E-state index is -0.152. The Balaban J connectivity index is 1.19. The first-order valence-electron chi connectivity index (χ1n) is 12.4. The van der Waals surface area contributed by atoms with Gasteiger partial charge in [-0.3, -0.25) is 9.78 Å². The van der Waals surface area contributed by atoms with Gasteiger partial charge in [-0.1, -0.05) is 18.2 Å². The summed E-state index contributed by atoms with van der Waals surface area (Å²) in [5.41, 5.74) is 6.00. The van der Waals surface area contributed by atoms with E-state index in [2.05, 4.69) is 44.5 Å². The zero-order valence-electron chi connectivity index (χ0n) is 20.6. The lowest BCUT2D eigenvalue weighted by atomic mass is 9.95. The third-order valence-corrected chi connectivity index (χ3v) is 6.81. The van der Waals surface area contributed by atoms with E-state index >= 15 is 0 Å². The molecule has 8 nitrogen and oxygen atoms in total. The third kappa shape index (κ3) is 4.88. The summed E-state index contributed by atoms with van der Waals surface area (Å²) in [5, 5.41) is 3.45. The van der Waals surface area contributed by atoms with Crippen molar-refractivity contribution in [1.82, 2.24) is 9.97 Å². The first-order chi connectivity index (χ1) is 18.2. The molecular formula is C29H28N4O4. The first-order valence-corrected chi connectivity index (χ1v) is 12.4. The van der Waals surface area contributed by atoms with E-state index in [4.69, 9.17) is 14.2 Å². The fourth-order valence-corrected chi connectivity index (χ4v) is 4.94. The van der Waals surface area contributed by atoms with Gasteiger partial charge in [0.25, 0.3) is 0 Å². The molecule has 0 saturated carbocycles. The van der Waals surface area contributed by atoms with Gasteiger partial charge in [-0.2, -0.15) is 0 Å². The SMILES string of the molecule is COc1ccnc(CNc2ccc3c(c2)Cc2cccc(C4CN(c5cc[nH]c(=O)c5)CCO4)c2O3)c1. The van der Waals surface area contributed by atoms with Crippen LogP contribution in [-0.2, 0) is 17.7 Å². The van der Waals surface area contributed by atoms with Crippen molar-refractivity contribution in [3.8, 4) is 17.2 Å². The second-order valence-corrected chi connectivity index (χ2v) is 9.19. The number of hydrogen-bond donors (Lipinski definition) is 2. The number of hydrogen-bond acceptors (Lipinski definition) is 7. The Hall–Kier alpha value is -4.30. The number of H-pyrrole nitrogens is 1. The quantitative estimate of drug-likeness (QED) is 0.353. The van der Waals surface area contributed by atoms with E-state index in [9.17, 15) is 4.79 Å². The number of rotatable bonds is 6. The molecule has 1 atom stereocenters. The van der Waals surface area contributed by atoms with Gasteiger partial charge in [0.15, 0.2) is 0 Å². The van der Waals surface area contributed by atoms with Crippen molar-refractivity contribution in [2.24, 2.45) is 0 Å². The van der Waals surface area contributed by atoms with Crippen LogP contribution in [0, 0.1) is 0 Å². The first kappa shape index (κ1) is 23.1. The Morgan fingerprint density at radius 2 is 2.08 bits per heavy atom. The molecule has 0 bridgehead atoms. The molecule has 8 heteroatoms. The Labute approximate surface area is 214 Å². The standard InChI is InChI=1S/C29H28N4O4/c1-35-24-8-10-30-22(15-24)17-32-21-5-6-26-20(14-21)13-19-3-2-4-25(29(19)37-26)27-18-33(11-12-36-27)23-7-9-31-28(34)16-23/h2-10,14-16,27,32H,11-13,17-18H2,1H3,(H,31,34). The highest BCUT2D eigenvalue weighted by atomic mass is 16.5. The number of methoxy groups -OCH3 is 1. The molecule has 37 heavy (non-hydrogen) atoms. The van der Waals surface area contributed by atoms with Crippen molar-refractivity contribution in [3.05, 3.63) is 106 Å². The van der Waals surface area contributed by atoms with Crippen LogP contribution in [0.2, 0.25) is 0 Å². The maximum Gasteiger partial charge on any atom is 0.249 e. The summed E-state index contributed by atoms with van der Waals surface area (Å²) in [5.74, 6) is 2.52. The average Bonchev–Trinajstić information content (AvgIpc) is 2.94. The summed E-state index contributed by atoms with van der Waals surface area (Å²) in [7, 11) is 1.65. The zero-order valence-corrected chi connectivity index (χ0v) is 20.6. The summed E-state index contributed by atoms with van der Waals surface area (Å²) >= 11 is 0. The van der Waals surface area contributed by atoms with Gasteiger partial charge in [0, 0.05) is 66.5 Å². The van der Waals surface area contributed by atoms with Crippen LogP contribution >= 0.6 is 0 Å². The molecular weight excluding hydrogens is 468 g/mol. The lowest BCUT2D eigenvalue weighted by Gasteiger charge is -2.36. The smallest absolute Gasteiger partial charge is 0.249 e. The minimum Gasteiger partial charge on any atom is -0.497 e. The number of para-hydroxylation sites is 1. The number of morpholine rings is 1. The van der Waals surface area contributed by atoms with Gasteiger partial charge in [-0.15, -0.1) is 0 Å². The van der Waals surface area contributed by atoms with E-state index < -0.39 is 0 Å². The van der Waals surface area contributed by atoms with Crippen molar-refractivity contribution in [3.63, 3.8) is 0 Å². The number of nitrogens with one attached hydrogen (secondary N) is 2. The van der Waals surface area contributed by atoms with E-state index in [1.165, 1.54) is 0 Å². The van der Waals surface area contributed by atoms with Crippen molar-refractivity contribution >= 4 is 11.4 Å². The molecule has 2 aliphatic heterocycles. The lowest BCUT2D eigenvalue weighted by Crippen LogP contribution is -2.39. The van der Waals surface area contributed by atoms with Crippen LogP contribution < -0.4 is 25.2 Å². The van der Waals surface area contributed by atoms with E-state index in [1.54, 1.807) is 25.6 Å². The Morgan fingerprint density at radius 1 is 1.14 bits per heavy atom. The predicted molar refractivity (Wildman–Crippen MR) is 142 cm³/mol. The Kier molecular flexibility index (Phi) is 6.24. The number of fused-ring (bicyclic) bond motifs is 2. The number of aromatic amines is 1. The summed E-state index contributed by atoms with van der Waals surface area (Å²) in [6, 6.07) is 19.7. The van der Waals surface area contributed by atoms with Crippen LogP contribution in [0.25, 0.3) is 0 Å². The Bertz CT molecular complexity index is 1480. The number of nitrogens with zero attached hydrogens (tertiary/aromatic N) is 2. The normalized spacial score (nSPS) is 16.4. The number of ether oxygens (including phenoxy) is 3. The van der Waals surface area contributed by atoms with Crippen LogP contribution in [0.3, 0.4) is 0 Å². The Morgan fingerprint density at radius 3 is 2.97 bits per heavy atom. The second kappa shape index (κ2) is 9.99. The maximum atomic E-state index is 11.8. The molecule has 4 aromatic rings. The molecule has 6 rings (SSSR count). The molecule has 4 heterocycles. The zero-order chi connectivity index (χ0) is 25.2. The molecule has 0 amide bonds. The van der Waals surface area contributed by atoms with Gasteiger partial charge in [-0.05, 0) is 35.9 Å². The second-order valence-electron chi connectivity index (χ2n) is 9.19. The molecule has 2 aromatic heterocycles. The summed E-state index contributed by atoms with van der Waals surface area (Å²) in [6.07, 6.45) is 4.06.